The Kier molecular flexibility index (Phi) is 6.60. The SMILES string of the molecule is CCOC(=O)N1CCN(c2ncnc(N[C@H](C)COC)c2C)CC1. The molecule has 0 aromatic carbocycles. The molecule has 0 spiro atoms. The number of piperazine rings is 1. The van der Waals surface area contributed by atoms with Gasteiger partial charge in [-0.25, -0.2) is 14.8 Å². The number of nitrogens with zero attached hydrogens (tertiary/aromatic N) is 4. The highest BCUT2D eigenvalue weighted by atomic mass is 16.6. The third-order valence-corrected chi connectivity index (χ3v) is 3.96. The fraction of sp³-hybridized carbons (Fsp3) is 0.688. The van der Waals surface area contributed by atoms with E-state index >= 15 is 0 Å². The van der Waals surface area contributed by atoms with Gasteiger partial charge in [-0.15, -0.1) is 0 Å². The third-order valence-electron chi connectivity index (χ3n) is 3.96. The first-order valence-corrected chi connectivity index (χ1v) is 8.30. The molecular formula is C16H27N5O3. The highest BCUT2D eigenvalue weighted by molar-refractivity contribution is 5.68. The molecule has 8 nitrogen and oxygen atoms in total. The van der Waals surface area contributed by atoms with Gasteiger partial charge >= 0.3 is 6.09 Å². The molecule has 1 N–H and O–H groups in total. The van der Waals surface area contributed by atoms with Crippen molar-refractivity contribution in [2.75, 3.05) is 56.7 Å². The summed E-state index contributed by atoms with van der Waals surface area (Å²) in [5.74, 6) is 1.72. The van der Waals surface area contributed by atoms with E-state index in [0.29, 0.717) is 26.3 Å². The van der Waals surface area contributed by atoms with E-state index in [-0.39, 0.29) is 12.1 Å². The first-order chi connectivity index (χ1) is 11.6. The number of aromatic nitrogens is 2. The molecule has 1 fully saturated rings. The Labute approximate surface area is 143 Å². The van der Waals surface area contributed by atoms with Crippen molar-refractivity contribution in [2.24, 2.45) is 0 Å². The van der Waals surface area contributed by atoms with Crippen LogP contribution in [-0.4, -0.2) is 73.5 Å². The molecule has 2 rings (SSSR count). The number of rotatable bonds is 6. The molecule has 1 aliphatic rings. The molecule has 2 heterocycles. The smallest absolute Gasteiger partial charge is 0.409 e. The van der Waals surface area contributed by atoms with Crippen LogP contribution < -0.4 is 10.2 Å². The Hall–Kier alpha value is -2.09. The number of anilines is 2. The molecule has 24 heavy (non-hydrogen) atoms. The number of methoxy groups -OCH3 is 1. The predicted molar refractivity (Wildman–Crippen MR) is 92.5 cm³/mol. The molecule has 1 saturated heterocycles. The van der Waals surface area contributed by atoms with E-state index in [4.69, 9.17) is 9.47 Å². The quantitative estimate of drug-likeness (QED) is 0.843. The minimum Gasteiger partial charge on any atom is -0.450 e. The minimum absolute atomic E-state index is 0.164. The van der Waals surface area contributed by atoms with Gasteiger partial charge in [0.2, 0.25) is 0 Å². The summed E-state index contributed by atoms with van der Waals surface area (Å²) in [6.07, 6.45) is 1.33. The minimum atomic E-state index is -0.243. The summed E-state index contributed by atoms with van der Waals surface area (Å²) in [4.78, 5) is 24.5. The third kappa shape index (κ3) is 4.47. The van der Waals surface area contributed by atoms with E-state index in [9.17, 15) is 4.79 Å². The topological polar surface area (TPSA) is 79.8 Å². The molecule has 0 radical (unpaired) electrons. The van der Waals surface area contributed by atoms with Crippen molar-refractivity contribution >= 4 is 17.7 Å². The van der Waals surface area contributed by atoms with E-state index in [2.05, 4.69) is 20.2 Å². The van der Waals surface area contributed by atoms with Crippen molar-refractivity contribution in [3.63, 3.8) is 0 Å². The van der Waals surface area contributed by atoms with Gasteiger partial charge in [-0.1, -0.05) is 0 Å². The summed E-state index contributed by atoms with van der Waals surface area (Å²) in [5, 5.41) is 3.35. The van der Waals surface area contributed by atoms with Gasteiger partial charge in [0.25, 0.3) is 0 Å². The first-order valence-electron chi connectivity index (χ1n) is 8.30. The number of carbonyl (C=O) groups excluding carboxylic acids is 1. The van der Waals surface area contributed by atoms with Crippen LogP contribution in [0.25, 0.3) is 0 Å². The number of hydrogen-bond donors (Lipinski definition) is 1. The van der Waals surface area contributed by atoms with Crippen molar-refractivity contribution < 1.29 is 14.3 Å². The fourth-order valence-corrected chi connectivity index (χ4v) is 2.75. The summed E-state index contributed by atoms with van der Waals surface area (Å²) in [6, 6.07) is 0.164. The summed E-state index contributed by atoms with van der Waals surface area (Å²) >= 11 is 0. The van der Waals surface area contributed by atoms with Crippen LogP contribution in [0, 0.1) is 6.92 Å². The maximum Gasteiger partial charge on any atom is 0.409 e. The van der Waals surface area contributed by atoms with Gasteiger partial charge < -0.3 is 24.6 Å². The summed E-state index contributed by atoms with van der Waals surface area (Å²) in [5.41, 5.74) is 1.00. The van der Waals surface area contributed by atoms with Crippen LogP contribution in [0.2, 0.25) is 0 Å². The summed E-state index contributed by atoms with van der Waals surface area (Å²) in [7, 11) is 1.68. The van der Waals surface area contributed by atoms with Crippen molar-refractivity contribution in [2.45, 2.75) is 26.8 Å². The van der Waals surface area contributed by atoms with Crippen LogP contribution in [0.4, 0.5) is 16.4 Å². The monoisotopic (exact) mass is 337 g/mol. The largest absolute Gasteiger partial charge is 0.450 e. The van der Waals surface area contributed by atoms with Crippen LogP contribution >= 0.6 is 0 Å². The second-order valence-corrected chi connectivity index (χ2v) is 5.84. The molecule has 1 aromatic rings. The molecule has 0 bridgehead atoms. The highest BCUT2D eigenvalue weighted by Crippen LogP contribution is 2.23. The molecule has 8 heteroatoms. The summed E-state index contributed by atoms with van der Waals surface area (Å²) < 4.78 is 10.2. The summed E-state index contributed by atoms with van der Waals surface area (Å²) in [6.45, 7) is 9.59. The zero-order chi connectivity index (χ0) is 17.5. The van der Waals surface area contributed by atoms with Gasteiger partial charge in [0.15, 0.2) is 0 Å². The lowest BCUT2D eigenvalue weighted by Crippen LogP contribution is -2.49. The van der Waals surface area contributed by atoms with E-state index in [1.54, 1.807) is 18.3 Å². The van der Waals surface area contributed by atoms with Crippen LogP contribution in [0.5, 0.6) is 0 Å². The van der Waals surface area contributed by atoms with Gasteiger partial charge in [0, 0.05) is 44.9 Å². The Balaban J connectivity index is 2.01. The molecule has 134 valence electrons. The van der Waals surface area contributed by atoms with Crippen LogP contribution in [0.1, 0.15) is 19.4 Å². The standard InChI is InChI=1S/C16H27N5O3/c1-5-24-16(22)21-8-6-20(7-9-21)15-13(3)14(17-11-18-15)19-12(2)10-23-4/h11-12H,5-10H2,1-4H3,(H,17,18,19)/t12-/m1/s1. The van der Waals surface area contributed by atoms with Gasteiger partial charge in [-0.3, -0.25) is 0 Å². The molecular weight excluding hydrogens is 310 g/mol. The second kappa shape index (κ2) is 8.68. The highest BCUT2D eigenvalue weighted by Gasteiger charge is 2.24. The number of hydrogen-bond acceptors (Lipinski definition) is 7. The predicted octanol–water partition coefficient (Wildman–Crippen LogP) is 1.51. The first kappa shape index (κ1) is 18.3. The Morgan fingerprint density at radius 1 is 1.33 bits per heavy atom. The number of carbonyl (C=O) groups is 1. The van der Waals surface area contributed by atoms with E-state index in [0.717, 1.165) is 30.3 Å². The molecule has 0 unspecified atom stereocenters. The van der Waals surface area contributed by atoms with Gasteiger partial charge in [-0.05, 0) is 20.8 Å². The van der Waals surface area contributed by atoms with E-state index in [1.165, 1.54) is 0 Å². The molecule has 0 aliphatic carbocycles. The van der Waals surface area contributed by atoms with Crippen molar-refractivity contribution in [1.82, 2.24) is 14.9 Å². The molecule has 1 aromatic heterocycles. The van der Waals surface area contributed by atoms with Crippen LogP contribution in [0.15, 0.2) is 6.33 Å². The lowest BCUT2D eigenvalue weighted by Gasteiger charge is -2.35. The van der Waals surface area contributed by atoms with E-state index in [1.807, 2.05) is 20.8 Å². The normalized spacial score (nSPS) is 16.0. The zero-order valence-corrected chi connectivity index (χ0v) is 14.9. The van der Waals surface area contributed by atoms with Crippen LogP contribution in [0.3, 0.4) is 0 Å². The number of nitrogens with one attached hydrogen (secondary N) is 1. The molecule has 1 amide bonds. The molecule has 0 saturated carbocycles. The molecule has 1 aliphatic heterocycles. The van der Waals surface area contributed by atoms with Crippen LogP contribution in [-0.2, 0) is 9.47 Å². The number of ether oxygens (including phenoxy) is 2. The lowest BCUT2D eigenvalue weighted by atomic mass is 10.2. The lowest BCUT2D eigenvalue weighted by molar-refractivity contribution is 0.105. The van der Waals surface area contributed by atoms with Crippen molar-refractivity contribution in [1.29, 1.82) is 0 Å². The average molecular weight is 337 g/mol. The van der Waals surface area contributed by atoms with Gasteiger partial charge in [0.1, 0.15) is 18.0 Å². The maximum absolute atomic E-state index is 11.8. The second-order valence-electron chi connectivity index (χ2n) is 5.84. The van der Waals surface area contributed by atoms with Gasteiger partial charge in [0.05, 0.1) is 13.2 Å². The number of amides is 1. The van der Waals surface area contributed by atoms with Gasteiger partial charge in [-0.2, -0.15) is 0 Å². The Bertz CT molecular complexity index is 547. The van der Waals surface area contributed by atoms with Crippen molar-refractivity contribution in [3.05, 3.63) is 11.9 Å². The van der Waals surface area contributed by atoms with Crippen molar-refractivity contribution in [3.8, 4) is 0 Å². The maximum atomic E-state index is 11.8. The fourth-order valence-electron chi connectivity index (χ4n) is 2.75. The average Bonchev–Trinajstić information content (AvgIpc) is 2.57. The zero-order valence-electron chi connectivity index (χ0n) is 14.9. The van der Waals surface area contributed by atoms with E-state index < -0.39 is 0 Å². The Morgan fingerprint density at radius 2 is 2.04 bits per heavy atom. The molecule has 1 atom stereocenters. The Morgan fingerprint density at radius 3 is 2.67 bits per heavy atom.